The van der Waals surface area contributed by atoms with Crippen molar-refractivity contribution in [2.24, 2.45) is 0 Å². The fourth-order valence-corrected chi connectivity index (χ4v) is 4.33. The lowest BCUT2D eigenvalue weighted by Crippen LogP contribution is -2.16. The molecule has 0 saturated heterocycles. The van der Waals surface area contributed by atoms with Crippen molar-refractivity contribution in [1.82, 2.24) is 0 Å². The Morgan fingerprint density at radius 3 is 2.67 bits per heavy atom. The van der Waals surface area contributed by atoms with Gasteiger partial charge >= 0.3 is 0 Å². The van der Waals surface area contributed by atoms with Crippen molar-refractivity contribution in [1.29, 1.82) is 0 Å². The second-order valence-corrected chi connectivity index (χ2v) is 7.42. The highest BCUT2D eigenvalue weighted by atomic mass is 16.5. The SMILES string of the molecule is Bc1ccc2oc3c4c(ccc3c2c1)C1C=C(c2ccccc2)C=CC1O4. The Bertz CT molecular complexity index is 1260. The van der Waals surface area contributed by atoms with Crippen molar-refractivity contribution < 1.29 is 9.15 Å². The molecule has 1 aliphatic heterocycles. The van der Waals surface area contributed by atoms with Crippen LogP contribution in [0.2, 0.25) is 0 Å². The summed E-state index contributed by atoms with van der Waals surface area (Å²) in [6.45, 7) is 0. The smallest absolute Gasteiger partial charge is 0.177 e. The molecule has 6 rings (SSSR count). The fraction of sp³-hybridized carbons (Fsp3) is 0.0833. The maximum Gasteiger partial charge on any atom is 0.177 e. The highest BCUT2D eigenvalue weighted by Crippen LogP contribution is 2.48. The zero-order valence-electron chi connectivity index (χ0n) is 15.0. The normalized spacial score (nSPS) is 20.4. The van der Waals surface area contributed by atoms with Crippen LogP contribution in [-0.4, -0.2) is 14.0 Å². The van der Waals surface area contributed by atoms with Gasteiger partial charge in [-0.15, -0.1) is 0 Å². The number of hydrogen-bond acceptors (Lipinski definition) is 2. The summed E-state index contributed by atoms with van der Waals surface area (Å²) in [6, 6.07) is 21.2. The molecule has 3 aromatic carbocycles. The van der Waals surface area contributed by atoms with Gasteiger partial charge in [-0.1, -0.05) is 66.1 Å². The van der Waals surface area contributed by atoms with Crippen LogP contribution in [0, 0.1) is 0 Å². The Morgan fingerprint density at radius 1 is 0.889 bits per heavy atom. The van der Waals surface area contributed by atoms with Gasteiger partial charge in [0.05, 0.1) is 0 Å². The highest BCUT2D eigenvalue weighted by molar-refractivity contribution is 6.33. The van der Waals surface area contributed by atoms with Crippen LogP contribution in [0.5, 0.6) is 5.75 Å². The molecule has 0 amide bonds. The summed E-state index contributed by atoms with van der Waals surface area (Å²) in [5.41, 5.74) is 6.71. The minimum Gasteiger partial charge on any atom is -0.481 e. The molecule has 0 N–H and O–H groups in total. The summed E-state index contributed by atoms with van der Waals surface area (Å²) >= 11 is 0. The van der Waals surface area contributed by atoms with E-state index in [2.05, 4.69) is 74.6 Å². The van der Waals surface area contributed by atoms with Gasteiger partial charge in [0.15, 0.2) is 11.3 Å². The molecular weight excluding hydrogens is 331 g/mol. The van der Waals surface area contributed by atoms with Crippen LogP contribution in [0.4, 0.5) is 0 Å². The lowest BCUT2D eigenvalue weighted by molar-refractivity contribution is 0.269. The van der Waals surface area contributed by atoms with Crippen molar-refractivity contribution in [2.45, 2.75) is 12.0 Å². The molecule has 2 aliphatic rings. The number of rotatable bonds is 1. The average molecular weight is 348 g/mol. The molecule has 1 aromatic heterocycles. The molecular formula is C24H17BO2. The van der Waals surface area contributed by atoms with Crippen LogP contribution < -0.4 is 10.2 Å². The van der Waals surface area contributed by atoms with Gasteiger partial charge in [-0.2, -0.15) is 0 Å². The number of furan rings is 1. The lowest BCUT2D eigenvalue weighted by Gasteiger charge is -2.18. The number of hydrogen-bond donors (Lipinski definition) is 0. The van der Waals surface area contributed by atoms with E-state index in [0.29, 0.717) is 0 Å². The van der Waals surface area contributed by atoms with E-state index in [4.69, 9.17) is 9.15 Å². The summed E-state index contributed by atoms with van der Waals surface area (Å²) in [7, 11) is 2.11. The molecule has 2 heterocycles. The molecule has 2 nitrogen and oxygen atoms in total. The Kier molecular flexibility index (Phi) is 2.98. The van der Waals surface area contributed by atoms with E-state index >= 15 is 0 Å². The standard InChI is InChI=1S/C24H17BO2/c25-16-7-11-22-20(13-16)18-9-8-17-19-12-15(14-4-2-1-3-5-14)6-10-21(19)26-23(17)24(18)27-22/h1-13,19,21H,25H2. The molecule has 0 saturated carbocycles. The first kappa shape index (κ1) is 14.9. The van der Waals surface area contributed by atoms with Crippen LogP contribution in [0.15, 0.2) is 83.3 Å². The lowest BCUT2D eigenvalue weighted by atomic mass is 9.86. The third-order valence-electron chi connectivity index (χ3n) is 5.68. The summed E-state index contributed by atoms with van der Waals surface area (Å²) < 4.78 is 12.5. The Morgan fingerprint density at radius 2 is 1.78 bits per heavy atom. The van der Waals surface area contributed by atoms with Gasteiger partial charge in [-0.25, -0.2) is 0 Å². The quantitative estimate of drug-likeness (QED) is 0.478. The molecule has 0 spiro atoms. The van der Waals surface area contributed by atoms with E-state index in [-0.39, 0.29) is 12.0 Å². The maximum atomic E-state index is 6.34. The van der Waals surface area contributed by atoms with Crippen LogP contribution >= 0.6 is 0 Å². The molecule has 128 valence electrons. The Balaban J connectivity index is 1.53. The van der Waals surface area contributed by atoms with Gasteiger partial charge in [0.1, 0.15) is 19.5 Å². The van der Waals surface area contributed by atoms with Gasteiger partial charge in [0.2, 0.25) is 0 Å². The van der Waals surface area contributed by atoms with Crippen molar-refractivity contribution in [3.8, 4) is 5.75 Å². The van der Waals surface area contributed by atoms with Crippen LogP contribution in [0.3, 0.4) is 0 Å². The average Bonchev–Trinajstić information content (AvgIpc) is 3.26. The monoisotopic (exact) mass is 348 g/mol. The molecule has 0 bridgehead atoms. The molecule has 0 fully saturated rings. The fourth-order valence-electron chi connectivity index (χ4n) is 4.33. The molecule has 0 radical (unpaired) electrons. The number of benzene rings is 3. The summed E-state index contributed by atoms with van der Waals surface area (Å²) in [6.07, 6.45) is 6.70. The number of fused-ring (bicyclic) bond motifs is 7. The first-order valence-corrected chi connectivity index (χ1v) is 9.36. The second kappa shape index (κ2) is 5.40. The van der Waals surface area contributed by atoms with Crippen molar-refractivity contribution in [2.75, 3.05) is 0 Å². The van der Waals surface area contributed by atoms with Gasteiger partial charge in [-0.3, -0.25) is 0 Å². The Labute approximate surface area is 158 Å². The summed E-state index contributed by atoms with van der Waals surface area (Å²) in [4.78, 5) is 0. The van der Waals surface area contributed by atoms with E-state index in [9.17, 15) is 0 Å². The first-order chi connectivity index (χ1) is 13.3. The van der Waals surface area contributed by atoms with Crippen LogP contribution in [0.1, 0.15) is 17.0 Å². The second-order valence-electron chi connectivity index (χ2n) is 7.42. The molecule has 4 aromatic rings. The predicted molar refractivity (Wildman–Crippen MR) is 113 cm³/mol. The predicted octanol–water partition coefficient (Wildman–Crippen LogP) is 4.34. The molecule has 1 aliphatic carbocycles. The van der Waals surface area contributed by atoms with Crippen molar-refractivity contribution in [3.05, 3.63) is 90.0 Å². The summed E-state index contributed by atoms with van der Waals surface area (Å²) in [5, 5.41) is 2.28. The molecule has 27 heavy (non-hydrogen) atoms. The summed E-state index contributed by atoms with van der Waals surface area (Å²) in [5.74, 6) is 1.12. The third kappa shape index (κ3) is 2.15. The van der Waals surface area contributed by atoms with Crippen molar-refractivity contribution >= 4 is 40.8 Å². The Hall–Kier alpha value is -3.20. The molecule has 2 atom stereocenters. The third-order valence-corrected chi connectivity index (χ3v) is 5.68. The van der Waals surface area contributed by atoms with Crippen LogP contribution in [0.25, 0.3) is 27.5 Å². The van der Waals surface area contributed by atoms with Crippen LogP contribution in [-0.2, 0) is 0 Å². The zero-order valence-corrected chi connectivity index (χ0v) is 15.0. The minimum atomic E-state index is 0.0352. The van der Waals surface area contributed by atoms with E-state index in [1.807, 2.05) is 12.1 Å². The van der Waals surface area contributed by atoms with Gasteiger partial charge in [-0.05, 0) is 29.3 Å². The zero-order chi connectivity index (χ0) is 18.0. The van der Waals surface area contributed by atoms with Gasteiger partial charge in [0, 0.05) is 22.3 Å². The first-order valence-electron chi connectivity index (χ1n) is 9.36. The van der Waals surface area contributed by atoms with E-state index in [0.717, 1.165) is 27.7 Å². The maximum absolute atomic E-state index is 6.34. The van der Waals surface area contributed by atoms with Gasteiger partial charge < -0.3 is 9.15 Å². The molecule has 2 unspecified atom stereocenters. The molecule has 3 heteroatoms. The minimum absolute atomic E-state index is 0.0352. The number of ether oxygens (including phenoxy) is 1. The highest BCUT2D eigenvalue weighted by Gasteiger charge is 2.36. The van der Waals surface area contributed by atoms with Gasteiger partial charge in [0.25, 0.3) is 0 Å². The van der Waals surface area contributed by atoms with Crippen molar-refractivity contribution in [3.63, 3.8) is 0 Å². The van der Waals surface area contributed by atoms with E-state index in [1.165, 1.54) is 22.2 Å². The largest absolute Gasteiger partial charge is 0.481 e. The topological polar surface area (TPSA) is 22.4 Å². The van der Waals surface area contributed by atoms with E-state index < -0.39 is 0 Å². The van der Waals surface area contributed by atoms with E-state index in [1.54, 1.807) is 0 Å². The number of allylic oxidation sites excluding steroid dienone is 2.